The van der Waals surface area contributed by atoms with Crippen LogP contribution in [-0.2, 0) is 19.4 Å². The number of hydrogen-bond acceptors (Lipinski definition) is 3. The van der Waals surface area contributed by atoms with Gasteiger partial charge in [0.2, 0.25) is 0 Å². The third kappa shape index (κ3) is 3.46. The first-order chi connectivity index (χ1) is 9.63. The third-order valence-corrected chi connectivity index (χ3v) is 3.86. The minimum absolute atomic E-state index is 0.199. The summed E-state index contributed by atoms with van der Waals surface area (Å²) in [4.78, 5) is 4.42. The number of aromatic nitrogens is 2. The highest BCUT2D eigenvalue weighted by molar-refractivity contribution is 5.30. The standard InChI is InChI=1S/C16H24N4/c1-4-20-8-7-18-16(20)11-15(19-17)10-14-6-5-12(2)13(3)9-14/h5-9,15,19H,4,10-11,17H2,1-3H3. The van der Waals surface area contributed by atoms with Gasteiger partial charge < -0.3 is 4.57 Å². The van der Waals surface area contributed by atoms with E-state index in [-0.39, 0.29) is 6.04 Å². The second-order valence-corrected chi connectivity index (χ2v) is 5.32. The van der Waals surface area contributed by atoms with Crippen molar-refractivity contribution in [3.63, 3.8) is 0 Å². The van der Waals surface area contributed by atoms with Crippen molar-refractivity contribution >= 4 is 0 Å². The summed E-state index contributed by atoms with van der Waals surface area (Å²) in [6.45, 7) is 7.35. The molecule has 4 heteroatoms. The zero-order valence-corrected chi connectivity index (χ0v) is 12.6. The van der Waals surface area contributed by atoms with Gasteiger partial charge in [-0.25, -0.2) is 4.98 Å². The number of aryl methyl sites for hydroxylation is 3. The van der Waals surface area contributed by atoms with Crippen molar-refractivity contribution in [1.29, 1.82) is 0 Å². The van der Waals surface area contributed by atoms with Crippen molar-refractivity contribution in [2.24, 2.45) is 5.84 Å². The summed E-state index contributed by atoms with van der Waals surface area (Å²) in [7, 11) is 0. The molecule has 0 radical (unpaired) electrons. The van der Waals surface area contributed by atoms with Gasteiger partial charge in [0, 0.05) is 31.4 Å². The van der Waals surface area contributed by atoms with Crippen LogP contribution in [0.4, 0.5) is 0 Å². The largest absolute Gasteiger partial charge is 0.335 e. The fraction of sp³-hybridized carbons (Fsp3) is 0.438. The minimum Gasteiger partial charge on any atom is -0.335 e. The van der Waals surface area contributed by atoms with E-state index in [1.807, 2.05) is 12.4 Å². The average Bonchev–Trinajstić information content (AvgIpc) is 2.89. The summed E-state index contributed by atoms with van der Waals surface area (Å²) >= 11 is 0. The number of nitrogens with one attached hydrogen (secondary N) is 1. The van der Waals surface area contributed by atoms with E-state index in [1.165, 1.54) is 16.7 Å². The maximum absolute atomic E-state index is 5.71. The van der Waals surface area contributed by atoms with Gasteiger partial charge in [0.1, 0.15) is 5.82 Å². The predicted octanol–water partition coefficient (Wildman–Crippen LogP) is 2.14. The molecule has 1 aromatic heterocycles. The number of nitrogens with two attached hydrogens (primary N) is 1. The summed E-state index contributed by atoms with van der Waals surface area (Å²) in [6.07, 6.45) is 5.61. The van der Waals surface area contributed by atoms with E-state index >= 15 is 0 Å². The normalized spacial score (nSPS) is 12.6. The van der Waals surface area contributed by atoms with Crippen LogP contribution in [0.25, 0.3) is 0 Å². The molecule has 3 N–H and O–H groups in total. The summed E-state index contributed by atoms with van der Waals surface area (Å²) < 4.78 is 2.16. The van der Waals surface area contributed by atoms with Crippen LogP contribution in [-0.4, -0.2) is 15.6 Å². The van der Waals surface area contributed by atoms with E-state index in [0.29, 0.717) is 0 Å². The Morgan fingerprint density at radius 3 is 2.70 bits per heavy atom. The van der Waals surface area contributed by atoms with Gasteiger partial charge in [-0.1, -0.05) is 18.2 Å². The topological polar surface area (TPSA) is 55.9 Å². The van der Waals surface area contributed by atoms with Gasteiger partial charge in [-0.3, -0.25) is 11.3 Å². The second kappa shape index (κ2) is 6.68. The molecule has 1 unspecified atom stereocenters. The maximum Gasteiger partial charge on any atom is 0.110 e. The first-order valence-corrected chi connectivity index (χ1v) is 7.16. The lowest BCUT2D eigenvalue weighted by Gasteiger charge is -2.17. The van der Waals surface area contributed by atoms with Crippen LogP contribution < -0.4 is 11.3 Å². The van der Waals surface area contributed by atoms with Gasteiger partial charge in [0.15, 0.2) is 0 Å². The molecule has 0 bridgehead atoms. The molecule has 108 valence electrons. The van der Waals surface area contributed by atoms with E-state index < -0.39 is 0 Å². The molecular formula is C16H24N4. The Hall–Kier alpha value is -1.65. The smallest absolute Gasteiger partial charge is 0.110 e. The minimum atomic E-state index is 0.199. The van der Waals surface area contributed by atoms with Crippen LogP contribution in [0.2, 0.25) is 0 Å². The molecule has 20 heavy (non-hydrogen) atoms. The molecule has 0 amide bonds. The monoisotopic (exact) mass is 272 g/mol. The summed E-state index contributed by atoms with van der Waals surface area (Å²) in [5.41, 5.74) is 6.89. The number of hydrogen-bond donors (Lipinski definition) is 2. The quantitative estimate of drug-likeness (QED) is 0.626. The lowest BCUT2D eigenvalue weighted by atomic mass is 9.99. The summed E-state index contributed by atoms with van der Waals surface area (Å²) in [6, 6.07) is 6.79. The van der Waals surface area contributed by atoms with Gasteiger partial charge in [-0.05, 0) is 43.9 Å². The molecule has 0 spiro atoms. The fourth-order valence-corrected chi connectivity index (χ4v) is 2.44. The molecule has 0 fully saturated rings. The Morgan fingerprint density at radius 2 is 2.05 bits per heavy atom. The van der Waals surface area contributed by atoms with Crippen molar-refractivity contribution in [1.82, 2.24) is 15.0 Å². The Morgan fingerprint density at radius 1 is 1.25 bits per heavy atom. The lowest BCUT2D eigenvalue weighted by Crippen LogP contribution is -2.39. The van der Waals surface area contributed by atoms with Crippen LogP contribution in [0.5, 0.6) is 0 Å². The molecule has 0 aliphatic carbocycles. The Balaban J connectivity index is 2.07. The van der Waals surface area contributed by atoms with Crippen LogP contribution in [0, 0.1) is 13.8 Å². The van der Waals surface area contributed by atoms with E-state index in [1.54, 1.807) is 0 Å². The molecule has 1 aromatic carbocycles. The number of rotatable bonds is 6. The predicted molar refractivity (Wildman–Crippen MR) is 82.3 cm³/mol. The fourth-order valence-electron chi connectivity index (χ4n) is 2.44. The Kier molecular flexibility index (Phi) is 4.93. The van der Waals surface area contributed by atoms with E-state index in [2.05, 4.69) is 53.9 Å². The molecule has 0 aliphatic heterocycles. The highest BCUT2D eigenvalue weighted by Gasteiger charge is 2.12. The molecule has 0 saturated carbocycles. The van der Waals surface area contributed by atoms with E-state index in [4.69, 9.17) is 5.84 Å². The molecule has 4 nitrogen and oxygen atoms in total. The Bertz CT molecular complexity index is 559. The molecular weight excluding hydrogens is 248 g/mol. The number of nitrogens with zero attached hydrogens (tertiary/aromatic N) is 2. The first kappa shape index (κ1) is 14.8. The zero-order valence-electron chi connectivity index (χ0n) is 12.6. The third-order valence-electron chi connectivity index (χ3n) is 3.86. The molecule has 1 atom stereocenters. The lowest BCUT2D eigenvalue weighted by molar-refractivity contribution is 0.499. The van der Waals surface area contributed by atoms with Gasteiger partial charge in [0.05, 0.1) is 0 Å². The molecule has 2 aromatic rings. The van der Waals surface area contributed by atoms with Crippen LogP contribution in [0.15, 0.2) is 30.6 Å². The van der Waals surface area contributed by atoms with E-state index in [0.717, 1.165) is 25.2 Å². The van der Waals surface area contributed by atoms with Gasteiger partial charge in [0.25, 0.3) is 0 Å². The van der Waals surface area contributed by atoms with Crippen molar-refractivity contribution in [2.45, 2.75) is 46.2 Å². The average molecular weight is 272 g/mol. The van der Waals surface area contributed by atoms with Crippen LogP contribution >= 0.6 is 0 Å². The SMILES string of the molecule is CCn1ccnc1CC(Cc1ccc(C)c(C)c1)NN. The van der Waals surface area contributed by atoms with Crippen molar-refractivity contribution in [3.8, 4) is 0 Å². The van der Waals surface area contributed by atoms with Gasteiger partial charge >= 0.3 is 0 Å². The first-order valence-electron chi connectivity index (χ1n) is 7.16. The summed E-state index contributed by atoms with van der Waals surface area (Å²) in [5.74, 6) is 6.79. The van der Waals surface area contributed by atoms with E-state index in [9.17, 15) is 0 Å². The summed E-state index contributed by atoms with van der Waals surface area (Å²) in [5, 5.41) is 0. The molecule has 0 aliphatic rings. The second-order valence-electron chi connectivity index (χ2n) is 5.32. The highest BCUT2D eigenvalue weighted by atomic mass is 15.2. The number of benzene rings is 1. The van der Waals surface area contributed by atoms with Gasteiger partial charge in [-0.2, -0.15) is 0 Å². The van der Waals surface area contributed by atoms with Crippen molar-refractivity contribution in [3.05, 3.63) is 53.1 Å². The van der Waals surface area contributed by atoms with Crippen LogP contribution in [0.1, 0.15) is 29.4 Å². The zero-order chi connectivity index (χ0) is 14.5. The van der Waals surface area contributed by atoms with Gasteiger partial charge in [-0.15, -0.1) is 0 Å². The van der Waals surface area contributed by atoms with Crippen molar-refractivity contribution < 1.29 is 0 Å². The molecule has 2 rings (SSSR count). The Labute approximate surface area is 121 Å². The van der Waals surface area contributed by atoms with Crippen molar-refractivity contribution in [2.75, 3.05) is 0 Å². The number of imidazole rings is 1. The number of hydrazine groups is 1. The maximum atomic E-state index is 5.71. The molecule has 0 saturated heterocycles. The highest BCUT2D eigenvalue weighted by Crippen LogP contribution is 2.13. The molecule has 1 heterocycles. The van der Waals surface area contributed by atoms with Crippen LogP contribution in [0.3, 0.4) is 0 Å².